The standard InChI is InChI=1S/C19H21NO4/c1-3-24-19(22)15-10-20-16-7-5-4-6-12(16)13-8-11(23-2)9-14(17(13)20)18(15)21/h8-10,12,16H,3-7H2,1-2H3. The average Bonchev–Trinajstić information content (AvgIpc) is 2.92. The fraction of sp³-hybridized carbons (Fsp3) is 0.474. The maximum Gasteiger partial charge on any atom is 0.343 e. The first-order valence-corrected chi connectivity index (χ1v) is 8.59. The van der Waals surface area contributed by atoms with Crippen molar-refractivity contribution in [1.82, 2.24) is 4.57 Å². The van der Waals surface area contributed by atoms with Crippen LogP contribution in [-0.2, 0) is 4.74 Å². The van der Waals surface area contributed by atoms with Gasteiger partial charge in [-0.15, -0.1) is 0 Å². The van der Waals surface area contributed by atoms with Crippen LogP contribution in [0.2, 0.25) is 0 Å². The number of hydrogen-bond donors (Lipinski definition) is 0. The Bertz CT molecular complexity index is 883. The summed E-state index contributed by atoms with van der Waals surface area (Å²) in [6.07, 6.45) is 6.27. The van der Waals surface area contributed by atoms with Crippen molar-refractivity contribution in [1.29, 1.82) is 0 Å². The van der Waals surface area contributed by atoms with Crippen LogP contribution in [0, 0.1) is 0 Å². The minimum atomic E-state index is -0.545. The molecule has 5 nitrogen and oxygen atoms in total. The molecule has 2 aromatic rings. The van der Waals surface area contributed by atoms with Crippen molar-refractivity contribution in [3.8, 4) is 5.75 Å². The number of fused-ring (bicyclic) bond motifs is 3. The number of nitrogens with zero attached hydrogens (tertiary/aromatic N) is 1. The molecule has 0 bridgehead atoms. The summed E-state index contributed by atoms with van der Waals surface area (Å²) in [7, 11) is 1.61. The van der Waals surface area contributed by atoms with Crippen LogP contribution in [0.4, 0.5) is 0 Å². The van der Waals surface area contributed by atoms with Crippen LogP contribution in [0.25, 0.3) is 10.9 Å². The van der Waals surface area contributed by atoms with E-state index in [0.717, 1.165) is 18.4 Å². The van der Waals surface area contributed by atoms with Crippen LogP contribution in [0.3, 0.4) is 0 Å². The van der Waals surface area contributed by atoms with Gasteiger partial charge in [0.25, 0.3) is 0 Å². The third-order valence-corrected chi connectivity index (χ3v) is 5.35. The maximum absolute atomic E-state index is 12.9. The molecule has 0 spiro atoms. The number of pyridine rings is 1. The monoisotopic (exact) mass is 327 g/mol. The lowest BCUT2D eigenvalue weighted by Gasteiger charge is -2.27. The molecule has 1 aliphatic heterocycles. The maximum atomic E-state index is 12.9. The van der Waals surface area contributed by atoms with Crippen LogP contribution in [-0.4, -0.2) is 24.3 Å². The predicted molar refractivity (Wildman–Crippen MR) is 91.0 cm³/mol. The van der Waals surface area contributed by atoms with E-state index in [1.165, 1.54) is 18.4 Å². The van der Waals surface area contributed by atoms with Crippen LogP contribution >= 0.6 is 0 Å². The van der Waals surface area contributed by atoms with Crippen molar-refractivity contribution < 1.29 is 14.3 Å². The van der Waals surface area contributed by atoms with E-state index in [2.05, 4.69) is 10.6 Å². The van der Waals surface area contributed by atoms with E-state index < -0.39 is 5.97 Å². The molecule has 2 unspecified atom stereocenters. The first-order chi connectivity index (χ1) is 11.7. The van der Waals surface area contributed by atoms with Gasteiger partial charge in [0.2, 0.25) is 5.43 Å². The van der Waals surface area contributed by atoms with Crippen LogP contribution in [0.15, 0.2) is 23.1 Å². The highest BCUT2D eigenvalue weighted by Crippen LogP contribution is 2.49. The molecule has 1 aromatic heterocycles. The van der Waals surface area contributed by atoms with E-state index in [4.69, 9.17) is 9.47 Å². The molecule has 126 valence electrons. The molecule has 1 fully saturated rings. The molecule has 24 heavy (non-hydrogen) atoms. The predicted octanol–water partition coefficient (Wildman–Crippen LogP) is 3.40. The highest BCUT2D eigenvalue weighted by molar-refractivity contribution is 5.95. The van der Waals surface area contributed by atoms with Crippen molar-refractivity contribution >= 4 is 16.9 Å². The molecule has 1 saturated carbocycles. The fourth-order valence-electron chi connectivity index (χ4n) is 4.32. The smallest absolute Gasteiger partial charge is 0.343 e. The van der Waals surface area contributed by atoms with Crippen LogP contribution in [0.1, 0.15) is 60.5 Å². The summed E-state index contributed by atoms with van der Waals surface area (Å²) in [5.74, 6) is 0.526. The number of methoxy groups -OCH3 is 1. The normalized spacial score (nSPS) is 21.6. The van der Waals surface area contributed by atoms with Crippen molar-refractivity contribution in [3.05, 3.63) is 39.7 Å². The zero-order valence-corrected chi connectivity index (χ0v) is 14.0. The summed E-state index contributed by atoms with van der Waals surface area (Å²) in [4.78, 5) is 25.1. The minimum absolute atomic E-state index is 0.120. The molecule has 0 saturated heterocycles. The Hall–Kier alpha value is -2.30. The highest BCUT2D eigenvalue weighted by Gasteiger charge is 2.37. The third-order valence-electron chi connectivity index (χ3n) is 5.35. The van der Waals surface area contributed by atoms with Gasteiger partial charge in [0.15, 0.2) is 0 Å². The van der Waals surface area contributed by atoms with Gasteiger partial charge in [-0.2, -0.15) is 0 Å². The Morgan fingerprint density at radius 3 is 2.83 bits per heavy atom. The Balaban J connectivity index is 2.02. The summed E-state index contributed by atoms with van der Waals surface area (Å²) in [5, 5.41) is 0.560. The lowest BCUT2D eigenvalue weighted by Crippen LogP contribution is -2.22. The first kappa shape index (κ1) is 15.2. The van der Waals surface area contributed by atoms with Crippen LogP contribution < -0.4 is 10.2 Å². The van der Waals surface area contributed by atoms with Gasteiger partial charge in [-0.3, -0.25) is 4.79 Å². The first-order valence-electron chi connectivity index (χ1n) is 8.59. The molecule has 0 radical (unpaired) electrons. The average molecular weight is 327 g/mol. The van der Waals surface area contributed by atoms with Gasteiger partial charge in [0.05, 0.1) is 24.6 Å². The van der Waals surface area contributed by atoms with Crippen molar-refractivity contribution in [2.75, 3.05) is 13.7 Å². The number of benzene rings is 1. The molecule has 0 N–H and O–H groups in total. The largest absolute Gasteiger partial charge is 0.497 e. The number of hydrogen-bond acceptors (Lipinski definition) is 4. The van der Waals surface area contributed by atoms with E-state index in [1.54, 1.807) is 26.3 Å². The molecule has 5 heteroatoms. The van der Waals surface area contributed by atoms with E-state index in [1.807, 2.05) is 0 Å². The molecule has 2 atom stereocenters. The fourth-order valence-corrected chi connectivity index (χ4v) is 4.32. The summed E-state index contributed by atoms with van der Waals surface area (Å²) in [6.45, 7) is 2.00. The topological polar surface area (TPSA) is 57.5 Å². The Labute approximate surface area is 140 Å². The number of ether oxygens (including phenoxy) is 2. The van der Waals surface area contributed by atoms with Crippen LogP contribution in [0.5, 0.6) is 5.75 Å². The number of aromatic nitrogens is 1. The second-order valence-electron chi connectivity index (χ2n) is 6.57. The number of rotatable bonds is 3. The second kappa shape index (κ2) is 5.65. The molecule has 1 aromatic carbocycles. The zero-order chi connectivity index (χ0) is 16.8. The minimum Gasteiger partial charge on any atom is -0.497 e. The van der Waals surface area contributed by atoms with Crippen molar-refractivity contribution in [2.45, 2.75) is 44.6 Å². The van der Waals surface area contributed by atoms with E-state index in [-0.39, 0.29) is 17.6 Å². The lowest BCUT2D eigenvalue weighted by molar-refractivity contribution is 0.0524. The molecular formula is C19H21NO4. The van der Waals surface area contributed by atoms with Gasteiger partial charge in [0.1, 0.15) is 11.3 Å². The van der Waals surface area contributed by atoms with E-state index >= 15 is 0 Å². The van der Waals surface area contributed by atoms with Crippen molar-refractivity contribution in [3.63, 3.8) is 0 Å². The summed E-state index contributed by atoms with van der Waals surface area (Å²) in [6, 6.07) is 4.12. The Morgan fingerprint density at radius 1 is 1.29 bits per heavy atom. The quantitative estimate of drug-likeness (QED) is 0.811. The number of carbonyl (C=O) groups excluding carboxylic acids is 1. The molecule has 0 amide bonds. The van der Waals surface area contributed by atoms with Gasteiger partial charge >= 0.3 is 5.97 Å². The number of esters is 1. The van der Waals surface area contributed by atoms with E-state index in [9.17, 15) is 9.59 Å². The SMILES string of the molecule is CCOC(=O)c1cn2c3c(cc(OC)cc3c1=O)C1CCCCC12. The van der Waals surface area contributed by atoms with Crippen molar-refractivity contribution in [2.24, 2.45) is 0 Å². The third kappa shape index (κ3) is 2.07. The number of carbonyl (C=O) groups is 1. The van der Waals surface area contributed by atoms with E-state index in [0.29, 0.717) is 23.1 Å². The molecular weight excluding hydrogens is 306 g/mol. The van der Waals surface area contributed by atoms with Gasteiger partial charge in [-0.1, -0.05) is 12.8 Å². The van der Waals surface area contributed by atoms with Gasteiger partial charge < -0.3 is 14.0 Å². The Morgan fingerprint density at radius 2 is 2.08 bits per heavy atom. The second-order valence-corrected chi connectivity index (χ2v) is 6.57. The summed E-state index contributed by atoms with van der Waals surface area (Å²) < 4.78 is 12.6. The molecule has 1 aliphatic carbocycles. The highest BCUT2D eigenvalue weighted by atomic mass is 16.5. The van der Waals surface area contributed by atoms with Gasteiger partial charge in [-0.05, 0) is 37.5 Å². The van der Waals surface area contributed by atoms with Gasteiger partial charge in [-0.25, -0.2) is 4.79 Å². The Kier molecular flexibility index (Phi) is 3.59. The lowest BCUT2D eigenvalue weighted by atomic mass is 9.82. The zero-order valence-electron chi connectivity index (χ0n) is 14.0. The molecule has 2 aliphatic rings. The molecule has 4 rings (SSSR count). The molecule has 2 heterocycles. The summed E-state index contributed by atoms with van der Waals surface area (Å²) >= 11 is 0. The summed E-state index contributed by atoms with van der Waals surface area (Å²) in [5.41, 5.74) is 2.00. The van der Waals surface area contributed by atoms with Gasteiger partial charge in [0, 0.05) is 18.2 Å².